The van der Waals surface area contributed by atoms with E-state index in [-0.39, 0.29) is 19.1 Å². The van der Waals surface area contributed by atoms with E-state index >= 15 is 0 Å². The molecule has 0 spiro atoms. The summed E-state index contributed by atoms with van der Waals surface area (Å²) in [6.45, 7) is 2.53. The molecule has 1 aliphatic heterocycles. The molecule has 1 fully saturated rings. The number of carbonyl (C=O) groups is 1. The van der Waals surface area contributed by atoms with Crippen LogP contribution in [0.2, 0.25) is 0 Å². The summed E-state index contributed by atoms with van der Waals surface area (Å²) in [5, 5.41) is 0. The number of carbonyl (C=O) groups excluding carboxylic acids is 1. The van der Waals surface area contributed by atoms with Gasteiger partial charge in [-0.3, -0.25) is 4.79 Å². The van der Waals surface area contributed by atoms with Gasteiger partial charge in [0.25, 0.3) is 0 Å². The molecule has 0 bridgehead atoms. The van der Waals surface area contributed by atoms with Gasteiger partial charge in [-0.1, -0.05) is 48.5 Å². The van der Waals surface area contributed by atoms with Gasteiger partial charge in [-0.05, 0) is 65.3 Å². The average molecular weight is 478 g/mol. The molecule has 5 rings (SSSR count). The van der Waals surface area contributed by atoms with Gasteiger partial charge in [-0.25, -0.2) is 13.1 Å². The van der Waals surface area contributed by atoms with Crippen LogP contribution in [0.5, 0.6) is 11.5 Å². The number of hydrogen-bond acceptors (Lipinski definition) is 5. The van der Waals surface area contributed by atoms with Crippen molar-refractivity contribution in [3.63, 3.8) is 0 Å². The van der Waals surface area contributed by atoms with Crippen molar-refractivity contribution in [1.82, 2.24) is 4.72 Å². The molecule has 0 radical (unpaired) electrons. The van der Waals surface area contributed by atoms with Gasteiger partial charge < -0.3 is 9.47 Å². The Morgan fingerprint density at radius 1 is 0.941 bits per heavy atom. The second-order valence-electron chi connectivity index (χ2n) is 9.19. The van der Waals surface area contributed by atoms with E-state index in [4.69, 9.17) is 9.47 Å². The second-order valence-corrected chi connectivity index (χ2v) is 11.0. The van der Waals surface area contributed by atoms with E-state index in [2.05, 4.69) is 23.8 Å². The largest absolute Gasteiger partial charge is 0.454 e. The summed E-state index contributed by atoms with van der Waals surface area (Å²) in [5.74, 6) is 1.67. The van der Waals surface area contributed by atoms with E-state index in [0.717, 1.165) is 58.2 Å². The van der Waals surface area contributed by atoms with Gasteiger partial charge in [0, 0.05) is 13.0 Å². The number of sulfonamides is 1. The topological polar surface area (TPSA) is 81.7 Å². The molecule has 0 amide bonds. The highest BCUT2D eigenvalue weighted by Gasteiger charge is 2.50. The van der Waals surface area contributed by atoms with E-state index in [9.17, 15) is 13.2 Å². The molecule has 6 nitrogen and oxygen atoms in total. The van der Waals surface area contributed by atoms with Crippen molar-refractivity contribution in [2.45, 2.75) is 38.1 Å². The molecule has 3 aromatic carbocycles. The summed E-state index contributed by atoms with van der Waals surface area (Å²) in [4.78, 5) is 13.4. The minimum absolute atomic E-state index is 0.223. The van der Waals surface area contributed by atoms with Crippen LogP contribution in [0.3, 0.4) is 0 Å². The number of hydrogen-bond donors (Lipinski definition) is 1. The Morgan fingerprint density at radius 3 is 2.35 bits per heavy atom. The molecule has 34 heavy (non-hydrogen) atoms. The third kappa shape index (κ3) is 4.58. The van der Waals surface area contributed by atoms with Gasteiger partial charge in [-0.15, -0.1) is 0 Å². The predicted molar refractivity (Wildman–Crippen MR) is 130 cm³/mol. The first-order valence-electron chi connectivity index (χ1n) is 11.3. The Kier molecular flexibility index (Phi) is 5.70. The molecule has 176 valence electrons. The maximum Gasteiger partial charge on any atom is 0.231 e. The lowest BCUT2D eigenvalue weighted by Gasteiger charge is -2.16. The molecule has 1 heterocycles. The Labute approximate surface area is 200 Å². The first-order valence-corrected chi connectivity index (χ1v) is 13.2. The predicted octanol–water partition coefficient (Wildman–Crippen LogP) is 4.28. The minimum Gasteiger partial charge on any atom is -0.454 e. The number of benzene rings is 3. The second kappa shape index (κ2) is 8.56. The van der Waals surface area contributed by atoms with Crippen molar-refractivity contribution in [3.8, 4) is 22.6 Å². The lowest BCUT2D eigenvalue weighted by molar-refractivity contribution is -0.120. The summed E-state index contributed by atoms with van der Waals surface area (Å²) >= 11 is 0. The molecule has 1 N–H and O–H groups in total. The Hall–Kier alpha value is -3.16. The number of Topliss-reactive ketones (excluding diaryl/α,β-unsaturated/α-hetero) is 1. The average Bonchev–Trinajstić information content (AvgIpc) is 3.50. The maximum atomic E-state index is 13.4. The van der Waals surface area contributed by atoms with E-state index in [1.54, 1.807) is 0 Å². The summed E-state index contributed by atoms with van der Waals surface area (Å²) in [5.41, 5.74) is 5.67. The van der Waals surface area contributed by atoms with Crippen LogP contribution in [0.25, 0.3) is 11.1 Å². The molecule has 0 atom stereocenters. The Morgan fingerprint density at radius 2 is 1.65 bits per heavy atom. The molecule has 7 heteroatoms. The zero-order valence-electron chi connectivity index (χ0n) is 19.3. The molecule has 1 aliphatic carbocycles. The highest BCUT2D eigenvalue weighted by Crippen LogP contribution is 2.51. The summed E-state index contributed by atoms with van der Waals surface area (Å²) < 4.78 is 36.1. The SMILES string of the molecule is Cc1ccc(CC(=O)C2(c3ccc4c(c3)OCO4)CC2)cc1-c1ccc(CNS(C)(=O)=O)cc1. The number of fused-ring (bicyclic) bond motifs is 1. The van der Waals surface area contributed by atoms with Crippen molar-refractivity contribution in [1.29, 1.82) is 0 Å². The smallest absolute Gasteiger partial charge is 0.231 e. The van der Waals surface area contributed by atoms with Gasteiger partial charge >= 0.3 is 0 Å². The van der Waals surface area contributed by atoms with Crippen molar-refractivity contribution in [2.75, 3.05) is 13.0 Å². The summed E-state index contributed by atoms with van der Waals surface area (Å²) in [7, 11) is -3.23. The number of ether oxygens (including phenoxy) is 2. The van der Waals surface area contributed by atoms with Crippen LogP contribution in [-0.4, -0.2) is 27.2 Å². The van der Waals surface area contributed by atoms with E-state index in [1.165, 1.54) is 0 Å². The molecule has 0 aromatic heterocycles. The molecule has 0 saturated heterocycles. The zero-order valence-corrected chi connectivity index (χ0v) is 20.1. The Balaban J connectivity index is 1.33. The fourth-order valence-electron chi connectivity index (χ4n) is 4.51. The fraction of sp³-hybridized carbons (Fsp3) is 0.296. The minimum atomic E-state index is -3.23. The first kappa shape index (κ1) is 22.6. The van der Waals surface area contributed by atoms with E-state index < -0.39 is 15.4 Å². The highest BCUT2D eigenvalue weighted by atomic mass is 32.2. The molecular formula is C27H27NO5S. The molecular weight excluding hydrogens is 450 g/mol. The van der Waals surface area contributed by atoms with Crippen molar-refractivity contribution in [3.05, 3.63) is 82.9 Å². The molecule has 0 unspecified atom stereocenters. The van der Waals surface area contributed by atoms with Gasteiger partial charge in [0.1, 0.15) is 5.78 Å². The van der Waals surface area contributed by atoms with Gasteiger partial charge in [0.05, 0.1) is 11.7 Å². The van der Waals surface area contributed by atoms with Crippen molar-refractivity contribution in [2.24, 2.45) is 0 Å². The number of aryl methyl sites for hydroxylation is 1. The van der Waals surface area contributed by atoms with Crippen LogP contribution in [0.4, 0.5) is 0 Å². The Bertz CT molecular complexity index is 1360. The van der Waals surface area contributed by atoms with Gasteiger partial charge in [0.2, 0.25) is 16.8 Å². The molecule has 1 saturated carbocycles. The van der Waals surface area contributed by atoms with E-state index in [0.29, 0.717) is 12.2 Å². The van der Waals surface area contributed by atoms with Gasteiger partial charge in [0.15, 0.2) is 11.5 Å². The maximum absolute atomic E-state index is 13.4. The normalized spacial score (nSPS) is 15.8. The molecule has 3 aromatic rings. The van der Waals surface area contributed by atoms with Crippen LogP contribution in [0.15, 0.2) is 60.7 Å². The number of ketones is 1. The number of rotatable bonds is 8. The van der Waals surface area contributed by atoms with Crippen LogP contribution in [0.1, 0.15) is 35.1 Å². The van der Waals surface area contributed by atoms with Crippen molar-refractivity contribution >= 4 is 15.8 Å². The lowest BCUT2D eigenvalue weighted by Crippen LogP contribution is -2.22. The molecule has 2 aliphatic rings. The quantitative estimate of drug-likeness (QED) is 0.524. The zero-order chi connectivity index (χ0) is 23.9. The van der Waals surface area contributed by atoms with Gasteiger partial charge in [-0.2, -0.15) is 0 Å². The van der Waals surface area contributed by atoms with Crippen LogP contribution >= 0.6 is 0 Å². The third-order valence-corrected chi connectivity index (χ3v) is 7.35. The van der Waals surface area contributed by atoms with E-state index in [1.807, 2.05) is 48.5 Å². The summed E-state index contributed by atoms with van der Waals surface area (Å²) in [6, 6.07) is 19.8. The highest BCUT2D eigenvalue weighted by molar-refractivity contribution is 7.88. The lowest BCUT2D eigenvalue weighted by atomic mass is 9.87. The third-order valence-electron chi connectivity index (χ3n) is 6.68. The van der Waals surface area contributed by atoms with Crippen molar-refractivity contribution < 1.29 is 22.7 Å². The number of nitrogens with one attached hydrogen (secondary N) is 1. The van der Waals surface area contributed by atoms with Crippen LogP contribution in [-0.2, 0) is 33.2 Å². The summed E-state index contributed by atoms with van der Waals surface area (Å²) in [6.07, 6.45) is 3.23. The standard InChI is InChI=1S/C27H27NO5S/c1-18-3-4-20(13-23(18)21-7-5-19(6-8-21)16-28-34(2,30)31)14-26(29)27(11-12-27)22-9-10-24-25(15-22)33-17-32-24/h3-10,13,15,28H,11-12,14,16-17H2,1-2H3. The fourth-order valence-corrected chi connectivity index (χ4v) is 4.94. The van der Waals surface area contributed by atoms with Crippen LogP contribution < -0.4 is 14.2 Å². The van der Waals surface area contributed by atoms with Crippen LogP contribution in [0, 0.1) is 6.92 Å². The monoisotopic (exact) mass is 477 g/mol. The first-order chi connectivity index (χ1) is 16.2.